The second-order valence-electron chi connectivity index (χ2n) is 4.47. The monoisotopic (exact) mass is 289 g/mol. The molecule has 0 unspecified atom stereocenters. The summed E-state index contributed by atoms with van der Waals surface area (Å²) in [6, 6.07) is 9.43. The average Bonchev–Trinajstić information content (AvgIpc) is 3.01. The van der Waals surface area contributed by atoms with Gasteiger partial charge in [0, 0.05) is 18.6 Å². The smallest absolute Gasteiger partial charge is 0.243 e. The van der Waals surface area contributed by atoms with Crippen molar-refractivity contribution in [2.45, 2.75) is 19.0 Å². The fourth-order valence-electron chi connectivity index (χ4n) is 2.00. The zero-order valence-electron chi connectivity index (χ0n) is 11.5. The van der Waals surface area contributed by atoms with E-state index in [9.17, 15) is 4.79 Å². The van der Waals surface area contributed by atoms with Crippen molar-refractivity contribution < 1.29 is 4.79 Å². The van der Waals surface area contributed by atoms with Crippen molar-refractivity contribution >= 4 is 17.7 Å². The molecule has 0 bridgehead atoms. The van der Waals surface area contributed by atoms with Gasteiger partial charge in [-0.05, 0) is 42.7 Å². The van der Waals surface area contributed by atoms with Crippen LogP contribution < -0.4 is 5.32 Å². The molecule has 0 aliphatic rings. The van der Waals surface area contributed by atoms with Gasteiger partial charge in [0.25, 0.3) is 0 Å². The maximum atomic E-state index is 12.4. The first-order chi connectivity index (χ1) is 9.81. The highest BCUT2D eigenvalue weighted by Crippen LogP contribution is 2.15. The number of amides is 1. The van der Waals surface area contributed by atoms with Gasteiger partial charge in [-0.2, -0.15) is 11.8 Å². The Labute approximate surface area is 123 Å². The van der Waals surface area contributed by atoms with Gasteiger partial charge in [0.15, 0.2) is 0 Å². The maximum Gasteiger partial charge on any atom is 0.243 e. The molecule has 1 atom stereocenters. The zero-order chi connectivity index (χ0) is 14.2. The summed E-state index contributed by atoms with van der Waals surface area (Å²) in [7, 11) is 0. The summed E-state index contributed by atoms with van der Waals surface area (Å²) in [5.41, 5.74) is 0.872. The second kappa shape index (κ2) is 7.75. The van der Waals surface area contributed by atoms with E-state index in [-0.39, 0.29) is 11.9 Å². The number of nitrogens with one attached hydrogen (secondary N) is 1. The molecule has 0 radical (unpaired) electrons. The van der Waals surface area contributed by atoms with Gasteiger partial charge in [0.2, 0.25) is 5.91 Å². The van der Waals surface area contributed by atoms with Crippen LogP contribution >= 0.6 is 11.8 Å². The van der Waals surface area contributed by atoms with Crippen LogP contribution in [0.2, 0.25) is 0 Å². The molecule has 2 aromatic heterocycles. The summed E-state index contributed by atoms with van der Waals surface area (Å²) < 4.78 is 1.96. The molecule has 0 aromatic carbocycles. The highest BCUT2D eigenvalue weighted by molar-refractivity contribution is 7.98. The van der Waals surface area contributed by atoms with Crippen LogP contribution in [0.3, 0.4) is 0 Å². The van der Waals surface area contributed by atoms with Crippen molar-refractivity contribution in [2.75, 3.05) is 12.0 Å². The van der Waals surface area contributed by atoms with Crippen molar-refractivity contribution in [2.24, 2.45) is 0 Å². The van der Waals surface area contributed by atoms with Crippen molar-refractivity contribution in [1.82, 2.24) is 14.9 Å². The van der Waals surface area contributed by atoms with E-state index in [0.29, 0.717) is 6.54 Å². The Hall–Kier alpha value is -1.75. The summed E-state index contributed by atoms with van der Waals surface area (Å²) in [5, 5.41) is 2.96. The number of hydrogen-bond donors (Lipinski definition) is 1. The predicted molar refractivity (Wildman–Crippen MR) is 82.6 cm³/mol. The normalized spacial score (nSPS) is 12.1. The fraction of sp³-hybridized carbons (Fsp3) is 0.333. The van der Waals surface area contributed by atoms with Gasteiger partial charge in [0.05, 0.1) is 12.2 Å². The molecule has 0 aliphatic carbocycles. The van der Waals surface area contributed by atoms with Crippen molar-refractivity contribution in [3.63, 3.8) is 0 Å². The zero-order valence-corrected chi connectivity index (χ0v) is 12.3. The molecule has 2 aromatic rings. The van der Waals surface area contributed by atoms with Crippen molar-refractivity contribution in [3.05, 3.63) is 54.6 Å². The van der Waals surface area contributed by atoms with E-state index < -0.39 is 0 Å². The Balaban J connectivity index is 1.96. The number of thioether (sulfide) groups is 1. The van der Waals surface area contributed by atoms with Crippen LogP contribution in [-0.4, -0.2) is 27.5 Å². The van der Waals surface area contributed by atoms with Crippen molar-refractivity contribution in [3.8, 4) is 0 Å². The standard InChI is InChI=1S/C15H19N3OS/c1-20-11-7-14(18-9-4-5-10-18)15(19)17-12-13-6-2-3-8-16-13/h2-6,8-10,14H,7,11-12H2,1H3,(H,17,19)/t14-/m0/s1. The highest BCUT2D eigenvalue weighted by atomic mass is 32.2. The number of rotatable bonds is 7. The van der Waals surface area contributed by atoms with E-state index in [1.165, 1.54) is 0 Å². The number of carbonyl (C=O) groups is 1. The topological polar surface area (TPSA) is 46.9 Å². The number of hydrogen-bond acceptors (Lipinski definition) is 3. The van der Waals surface area contributed by atoms with E-state index in [1.807, 2.05) is 47.3 Å². The second-order valence-corrected chi connectivity index (χ2v) is 5.45. The molecule has 2 rings (SSSR count). The molecule has 0 saturated carbocycles. The number of nitrogens with zero attached hydrogens (tertiary/aromatic N) is 2. The lowest BCUT2D eigenvalue weighted by atomic mass is 10.2. The predicted octanol–water partition coefficient (Wildman–Crippen LogP) is 2.49. The Bertz CT molecular complexity index is 513. The Morgan fingerprint density at radius 2 is 2.15 bits per heavy atom. The maximum absolute atomic E-state index is 12.4. The van der Waals surface area contributed by atoms with Gasteiger partial charge in [-0.15, -0.1) is 0 Å². The molecule has 20 heavy (non-hydrogen) atoms. The first-order valence-electron chi connectivity index (χ1n) is 6.60. The summed E-state index contributed by atoms with van der Waals surface area (Å²) in [6.45, 7) is 0.469. The van der Waals surface area contributed by atoms with Crippen LogP contribution in [0.4, 0.5) is 0 Å². The van der Waals surface area contributed by atoms with Gasteiger partial charge in [-0.25, -0.2) is 0 Å². The lowest BCUT2D eigenvalue weighted by molar-refractivity contribution is -0.124. The SMILES string of the molecule is CSCC[C@@H](C(=O)NCc1ccccn1)n1cccc1. The van der Waals surface area contributed by atoms with E-state index in [0.717, 1.165) is 17.9 Å². The fourth-order valence-corrected chi connectivity index (χ4v) is 2.46. The third kappa shape index (κ3) is 4.13. The van der Waals surface area contributed by atoms with Crippen LogP contribution in [0.25, 0.3) is 0 Å². The first-order valence-corrected chi connectivity index (χ1v) is 7.99. The summed E-state index contributed by atoms with van der Waals surface area (Å²) in [5.74, 6) is 1.00. The van der Waals surface area contributed by atoms with Crippen LogP contribution in [0.5, 0.6) is 0 Å². The minimum Gasteiger partial charge on any atom is -0.349 e. The Kier molecular flexibility index (Phi) is 5.68. The molecule has 0 aliphatic heterocycles. The third-order valence-electron chi connectivity index (χ3n) is 3.06. The van der Waals surface area contributed by atoms with Gasteiger partial charge in [-0.3, -0.25) is 9.78 Å². The minimum atomic E-state index is -0.152. The average molecular weight is 289 g/mol. The quantitative estimate of drug-likeness (QED) is 0.852. The third-order valence-corrected chi connectivity index (χ3v) is 3.70. The molecule has 1 N–H and O–H groups in total. The van der Waals surface area contributed by atoms with E-state index in [2.05, 4.69) is 16.6 Å². The van der Waals surface area contributed by atoms with Gasteiger partial charge < -0.3 is 9.88 Å². The first kappa shape index (κ1) is 14.7. The number of pyridine rings is 1. The van der Waals surface area contributed by atoms with Crippen LogP contribution in [0.1, 0.15) is 18.2 Å². The molecule has 0 fully saturated rings. The van der Waals surface area contributed by atoms with Gasteiger partial charge >= 0.3 is 0 Å². The van der Waals surface area contributed by atoms with Crippen LogP contribution in [0.15, 0.2) is 48.9 Å². The summed E-state index contributed by atoms with van der Waals surface area (Å²) in [6.07, 6.45) is 8.48. The van der Waals surface area contributed by atoms with Gasteiger partial charge in [-0.1, -0.05) is 6.07 Å². The molecule has 5 heteroatoms. The molecular weight excluding hydrogens is 270 g/mol. The lowest BCUT2D eigenvalue weighted by Gasteiger charge is -2.18. The van der Waals surface area contributed by atoms with E-state index in [1.54, 1.807) is 18.0 Å². The number of aromatic nitrogens is 2. The van der Waals surface area contributed by atoms with Crippen LogP contribution in [-0.2, 0) is 11.3 Å². The summed E-state index contributed by atoms with van der Waals surface area (Å²) >= 11 is 1.75. The molecular formula is C15H19N3OS. The molecule has 106 valence electrons. The molecule has 4 nitrogen and oxygen atoms in total. The van der Waals surface area contributed by atoms with E-state index >= 15 is 0 Å². The highest BCUT2D eigenvalue weighted by Gasteiger charge is 2.18. The van der Waals surface area contributed by atoms with Crippen LogP contribution in [0, 0.1) is 0 Å². The molecule has 0 saturated heterocycles. The lowest BCUT2D eigenvalue weighted by Crippen LogP contribution is -2.32. The Morgan fingerprint density at radius 3 is 2.80 bits per heavy atom. The largest absolute Gasteiger partial charge is 0.349 e. The molecule has 0 spiro atoms. The molecule has 1 amide bonds. The minimum absolute atomic E-state index is 0.0425. The van der Waals surface area contributed by atoms with E-state index in [4.69, 9.17) is 0 Å². The molecule has 2 heterocycles. The number of carbonyl (C=O) groups excluding carboxylic acids is 1. The summed E-state index contributed by atoms with van der Waals surface area (Å²) in [4.78, 5) is 16.6. The van der Waals surface area contributed by atoms with Gasteiger partial charge in [0.1, 0.15) is 6.04 Å². The van der Waals surface area contributed by atoms with Crippen molar-refractivity contribution in [1.29, 1.82) is 0 Å². The Morgan fingerprint density at radius 1 is 1.35 bits per heavy atom.